The Labute approximate surface area is 296 Å². The van der Waals surface area contributed by atoms with E-state index >= 15 is 0 Å². The van der Waals surface area contributed by atoms with Crippen molar-refractivity contribution in [3.05, 3.63) is 69.8 Å². The summed E-state index contributed by atoms with van der Waals surface area (Å²) in [6.07, 6.45) is 15.3. The molecule has 7 heteroatoms. The molecule has 6 unspecified atom stereocenters. The Bertz CT molecular complexity index is 1260. The third kappa shape index (κ3) is 12.8. The topological polar surface area (TPSA) is 83.5 Å². The molecule has 7 nitrogen and oxygen atoms in total. The number of benzene rings is 2. The minimum atomic E-state index is -1.09. The minimum absolute atomic E-state index is 0.163. The molecule has 0 saturated carbocycles. The normalized spacial score (nSPS) is 22.9. The van der Waals surface area contributed by atoms with Crippen LogP contribution in [0.25, 0.3) is 0 Å². The quantitative estimate of drug-likeness (QED) is 0.104. The number of ether oxygens (including phenoxy) is 5. The lowest BCUT2D eigenvalue weighted by atomic mass is 9.98. The number of carbonyl (C=O) groups is 1. The number of carbonyl (C=O) groups excluding carboxylic acids is 1. The summed E-state index contributed by atoms with van der Waals surface area (Å²) in [6.45, 7) is 10.6. The summed E-state index contributed by atoms with van der Waals surface area (Å²) < 4.78 is 30.9. The summed E-state index contributed by atoms with van der Waals surface area (Å²) in [5.41, 5.74) is 6.41. The Morgan fingerprint density at radius 1 is 0.694 bits per heavy atom. The van der Waals surface area contributed by atoms with Crippen LogP contribution in [0.1, 0.15) is 156 Å². The maximum Gasteiger partial charge on any atom is 0.305 e. The van der Waals surface area contributed by atoms with Gasteiger partial charge >= 0.3 is 5.97 Å². The van der Waals surface area contributed by atoms with Gasteiger partial charge in [-0.1, -0.05) is 133 Å². The van der Waals surface area contributed by atoms with Crippen molar-refractivity contribution >= 4 is 5.97 Å². The van der Waals surface area contributed by atoms with Crippen LogP contribution in [0.4, 0.5) is 0 Å². The van der Waals surface area contributed by atoms with Crippen molar-refractivity contribution in [1.82, 2.24) is 0 Å². The third-order valence-electron chi connectivity index (χ3n) is 10.3. The number of aliphatic hydroxyl groups excluding tert-OH is 1. The molecule has 2 aromatic rings. The van der Waals surface area contributed by atoms with Crippen molar-refractivity contribution in [2.75, 3.05) is 13.2 Å². The Kier molecular flexibility index (Phi) is 17.1. The van der Waals surface area contributed by atoms with Crippen LogP contribution in [0.2, 0.25) is 0 Å². The van der Waals surface area contributed by atoms with E-state index in [9.17, 15) is 9.90 Å². The average molecular weight is 681 g/mol. The molecule has 49 heavy (non-hydrogen) atoms. The van der Waals surface area contributed by atoms with Crippen LogP contribution in [0, 0.1) is 27.7 Å². The van der Waals surface area contributed by atoms with Crippen LogP contribution in [0.3, 0.4) is 0 Å². The van der Waals surface area contributed by atoms with Gasteiger partial charge in [0.1, 0.15) is 31.0 Å². The second-order valence-electron chi connectivity index (χ2n) is 14.5. The summed E-state index contributed by atoms with van der Waals surface area (Å²) in [7, 11) is 0. The van der Waals surface area contributed by atoms with Crippen molar-refractivity contribution in [1.29, 1.82) is 0 Å². The molecule has 2 heterocycles. The number of aliphatic hydroxyl groups is 1. The predicted molar refractivity (Wildman–Crippen MR) is 194 cm³/mol. The van der Waals surface area contributed by atoms with Gasteiger partial charge in [-0.3, -0.25) is 4.79 Å². The first-order chi connectivity index (χ1) is 23.8. The Balaban J connectivity index is 1.20. The summed E-state index contributed by atoms with van der Waals surface area (Å²) in [5, 5.41) is 11.4. The summed E-state index contributed by atoms with van der Waals surface area (Å²) >= 11 is 0. The molecular weight excluding hydrogens is 616 g/mol. The number of aryl methyl sites for hydroxylation is 4. The van der Waals surface area contributed by atoms with Crippen LogP contribution in [0.15, 0.2) is 36.4 Å². The highest BCUT2D eigenvalue weighted by molar-refractivity contribution is 5.69. The van der Waals surface area contributed by atoms with Crippen molar-refractivity contribution in [2.24, 2.45) is 0 Å². The number of fused-ring (bicyclic) bond motifs is 1. The molecular formula is C42H64O7. The molecule has 2 aliphatic rings. The van der Waals surface area contributed by atoms with Crippen LogP contribution in [0.5, 0.6) is 0 Å². The molecule has 0 radical (unpaired) electrons. The fourth-order valence-corrected chi connectivity index (χ4v) is 6.81. The molecule has 0 amide bonds. The van der Waals surface area contributed by atoms with Gasteiger partial charge in [-0.05, 0) is 56.4 Å². The van der Waals surface area contributed by atoms with Gasteiger partial charge in [0.25, 0.3) is 0 Å². The summed E-state index contributed by atoms with van der Waals surface area (Å²) in [4.78, 5) is 12.6. The Morgan fingerprint density at radius 3 is 1.73 bits per heavy atom. The van der Waals surface area contributed by atoms with Gasteiger partial charge < -0.3 is 28.8 Å². The Morgan fingerprint density at radius 2 is 1.20 bits per heavy atom. The molecule has 1 N–H and O–H groups in total. The molecule has 2 saturated heterocycles. The lowest BCUT2D eigenvalue weighted by Crippen LogP contribution is -2.58. The van der Waals surface area contributed by atoms with Crippen molar-refractivity contribution in [3.63, 3.8) is 0 Å². The minimum Gasteiger partial charge on any atom is -0.463 e. The predicted octanol–water partition coefficient (Wildman–Crippen LogP) is 9.98. The lowest BCUT2D eigenvalue weighted by Gasteiger charge is -2.47. The van der Waals surface area contributed by atoms with Crippen molar-refractivity contribution < 1.29 is 33.6 Å². The number of esters is 1. The van der Waals surface area contributed by atoms with Gasteiger partial charge in [-0.2, -0.15) is 0 Å². The van der Waals surface area contributed by atoms with E-state index in [4.69, 9.17) is 23.7 Å². The first kappa shape index (κ1) is 39.5. The van der Waals surface area contributed by atoms with Gasteiger partial charge in [0.2, 0.25) is 0 Å². The van der Waals surface area contributed by atoms with E-state index in [0.29, 0.717) is 6.42 Å². The highest BCUT2D eigenvalue weighted by atomic mass is 16.8. The van der Waals surface area contributed by atoms with E-state index in [0.717, 1.165) is 41.5 Å². The Hall–Kier alpha value is -2.29. The van der Waals surface area contributed by atoms with E-state index in [1.54, 1.807) is 0 Å². The van der Waals surface area contributed by atoms with Gasteiger partial charge in [-0.25, -0.2) is 0 Å². The summed E-state index contributed by atoms with van der Waals surface area (Å²) in [5.74, 6) is -0.288. The molecule has 274 valence electrons. The van der Waals surface area contributed by atoms with Crippen LogP contribution >= 0.6 is 0 Å². The smallest absolute Gasteiger partial charge is 0.305 e. The average Bonchev–Trinajstić information content (AvgIpc) is 3.10. The van der Waals surface area contributed by atoms with E-state index in [2.05, 4.69) is 46.8 Å². The van der Waals surface area contributed by atoms with Crippen LogP contribution in [-0.4, -0.2) is 48.7 Å². The zero-order valence-corrected chi connectivity index (χ0v) is 31.1. The van der Waals surface area contributed by atoms with Gasteiger partial charge in [0.15, 0.2) is 12.6 Å². The highest BCUT2D eigenvalue weighted by Gasteiger charge is 2.48. The third-order valence-corrected chi connectivity index (χ3v) is 10.3. The first-order valence-corrected chi connectivity index (χ1v) is 19.3. The fourth-order valence-electron chi connectivity index (χ4n) is 6.81. The van der Waals surface area contributed by atoms with E-state index in [1.807, 2.05) is 24.3 Å². The first-order valence-electron chi connectivity index (χ1n) is 19.3. The molecule has 2 aliphatic heterocycles. The van der Waals surface area contributed by atoms with E-state index in [-0.39, 0.29) is 19.2 Å². The second-order valence-corrected chi connectivity index (χ2v) is 14.5. The molecule has 2 aromatic carbocycles. The maximum absolute atomic E-state index is 12.6. The molecule has 0 aliphatic carbocycles. The number of unbranched alkanes of at least 4 members (excludes halogenated alkanes) is 14. The molecule has 0 bridgehead atoms. The van der Waals surface area contributed by atoms with Crippen LogP contribution < -0.4 is 0 Å². The van der Waals surface area contributed by atoms with Crippen LogP contribution in [-0.2, 0) is 28.5 Å². The largest absolute Gasteiger partial charge is 0.463 e. The number of rotatable bonds is 21. The van der Waals surface area contributed by atoms with Gasteiger partial charge in [0, 0.05) is 17.5 Å². The SMILES string of the molecule is CCCCCCCCCCCCCCCCCC(=O)OCC(O)C1OC(c2ccc(C)c(C)c2)OC2COC(c3ccc(C)c(C)c3)OC21. The zero-order valence-electron chi connectivity index (χ0n) is 31.1. The monoisotopic (exact) mass is 680 g/mol. The van der Waals surface area contributed by atoms with E-state index in [1.165, 1.54) is 88.2 Å². The molecule has 6 atom stereocenters. The lowest BCUT2D eigenvalue weighted by molar-refractivity contribution is -0.373. The highest BCUT2D eigenvalue weighted by Crippen LogP contribution is 2.39. The van der Waals surface area contributed by atoms with Gasteiger partial charge in [-0.15, -0.1) is 0 Å². The fraction of sp³-hybridized carbons (Fsp3) is 0.690. The van der Waals surface area contributed by atoms with Gasteiger partial charge in [0.05, 0.1) is 6.61 Å². The molecule has 0 aromatic heterocycles. The maximum atomic E-state index is 12.6. The number of hydrogen-bond acceptors (Lipinski definition) is 7. The zero-order chi connectivity index (χ0) is 35.0. The molecule has 4 rings (SSSR count). The molecule has 0 spiro atoms. The standard InChI is InChI=1S/C42H64O7/c1-6-7-8-9-10-11-12-13-14-15-16-17-18-19-20-21-38(44)45-28-36(43)39-40-37(47-42(48-39)35-25-23-31(3)33(5)27-35)29-46-41(49-40)34-24-22-30(2)32(4)26-34/h22-27,36-37,39-43H,6-21,28-29H2,1-5H3. The second kappa shape index (κ2) is 21.2. The van der Waals surface area contributed by atoms with E-state index < -0.39 is 37.0 Å². The molecule has 2 fully saturated rings. The van der Waals surface area contributed by atoms with Crippen molar-refractivity contribution in [2.45, 2.75) is 174 Å². The number of hydrogen-bond donors (Lipinski definition) is 1. The summed E-state index contributed by atoms with van der Waals surface area (Å²) in [6, 6.07) is 12.2. The van der Waals surface area contributed by atoms with Crippen molar-refractivity contribution in [3.8, 4) is 0 Å².